The predicted octanol–water partition coefficient (Wildman–Crippen LogP) is 5.93. The van der Waals surface area contributed by atoms with Crippen LogP contribution in [-0.2, 0) is 11.3 Å². The molecule has 168 valence electrons. The van der Waals surface area contributed by atoms with Crippen molar-refractivity contribution in [1.82, 2.24) is 9.55 Å². The highest BCUT2D eigenvalue weighted by atomic mass is 16.5. The molecular weight excluding hydrogens is 398 g/mol. The van der Waals surface area contributed by atoms with Crippen molar-refractivity contribution in [3.8, 4) is 5.75 Å². The van der Waals surface area contributed by atoms with Crippen molar-refractivity contribution < 1.29 is 9.53 Å². The second-order valence-corrected chi connectivity index (χ2v) is 9.24. The van der Waals surface area contributed by atoms with Crippen LogP contribution in [0.5, 0.6) is 5.75 Å². The minimum Gasteiger partial charge on any atom is -0.494 e. The number of carbonyl (C=O) groups excluding carboxylic acids is 1. The Kier molecular flexibility index (Phi) is 6.15. The van der Waals surface area contributed by atoms with E-state index in [1.807, 2.05) is 36.1 Å². The number of ether oxygens (including phenoxy) is 1. The zero-order valence-electron chi connectivity index (χ0n) is 19.0. The smallest absolute Gasteiger partial charge is 0.227 e. The molecule has 32 heavy (non-hydrogen) atoms. The molecule has 1 amide bonds. The summed E-state index contributed by atoms with van der Waals surface area (Å²) in [5.74, 6) is 3.02. The van der Waals surface area contributed by atoms with Gasteiger partial charge in [-0.1, -0.05) is 44.2 Å². The topological polar surface area (TPSA) is 47.4 Å². The van der Waals surface area contributed by atoms with E-state index in [0.717, 1.165) is 35.2 Å². The minimum absolute atomic E-state index is 0.118. The molecule has 1 aromatic heterocycles. The fourth-order valence-corrected chi connectivity index (χ4v) is 5.45. The number of anilines is 1. The molecule has 2 fully saturated rings. The first-order valence-electron chi connectivity index (χ1n) is 12.2. The third kappa shape index (κ3) is 4.25. The van der Waals surface area contributed by atoms with Crippen LogP contribution in [0.4, 0.5) is 5.69 Å². The second-order valence-electron chi connectivity index (χ2n) is 9.24. The minimum atomic E-state index is 0.118. The summed E-state index contributed by atoms with van der Waals surface area (Å²) < 4.78 is 7.96. The van der Waals surface area contributed by atoms with E-state index in [2.05, 4.69) is 28.8 Å². The van der Waals surface area contributed by atoms with E-state index in [-0.39, 0.29) is 11.8 Å². The molecule has 5 rings (SSSR count). The molecule has 1 saturated carbocycles. The maximum absolute atomic E-state index is 13.0. The summed E-state index contributed by atoms with van der Waals surface area (Å²) >= 11 is 0. The van der Waals surface area contributed by atoms with Crippen molar-refractivity contribution in [2.75, 3.05) is 18.1 Å². The quantitative estimate of drug-likeness (QED) is 0.466. The number of amides is 1. The van der Waals surface area contributed by atoms with Crippen molar-refractivity contribution in [3.63, 3.8) is 0 Å². The van der Waals surface area contributed by atoms with Crippen LogP contribution in [0, 0.1) is 5.92 Å². The molecular formula is C27H33N3O2. The van der Waals surface area contributed by atoms with Gasteiger partial charge in [-0.15, -0.1) is 0 Å². The summed E-state index contributed by atoms with van der Waals surface area (Å²) in [4.78, 5) is 19.9. The molecule has 1 atom stereocenters. The van der Waals surface area contributed by atoms with E-state index in [4.69, 9.17) is 9.72 Å². The van der Waals surface area contributed by atoms with Gasteiger partial charge in [0.15, 0.2) is 0 Å². The van der Waals surface area contributed by atoms with Gasteiger partial charge in [-0.3, -0.25) is 4.79 Å². The Morgan fingerprint density at radius 1 is 1.03 bits per heavy atom. The molecule has 5 nitrogen and oxygen atoms in total. The van der Waals surface area contributed by atoms with Crippen LogP contribution in [0.25, 0.3) is 11.0 Å². The second kappa shape index (κ2) is 9.35. The fourth-order valence-electron chi connectivity index (χ4n) is 5.45. The zero-order chi connectivity index (χ0) is 21.9. The van der Waals surface area contributed by atoms with Crippen LogP contribution in [0.3, 0.4) is 0 Å². The number of para-hydroxylation sites is 2. The van der Waals surface area contributed by atoms with E-state index in [0.29, 0.717) is 19.6 Å². The highest BCUT2D eigenvalue weighted by Crippen LogP contribution is 2.35. The summed E-state index contributed by atoms with van der Waals surface area (Å²) in [6, 6.07) is 16.3. The number of imidazole rings is 1. The Labute approximate surface area is 190 Å². The van der Waals surface area contributed by atoms with E-state index >= 15 is 0 Å². The Bertz CT molecular complexity index is 1070. The molecule has 1 saturated heterocycles. The molecule has 5 heteroatoms. The molecule has 1 aliphatic heterocycles. The van der Waals surface area contributed by atoms with Crippen LogP contribution in [0.15, 0.2) is 48.5 Å². The Balaban J connectivity index is 1.38. The maximum atomic E-state index is 13.0. The number of rotatable bonds is 7. The zero-order valence-corrected chi connectivity index (χ0v) is 19.0. The normalized spacial score (nSPS) is 19.7. The van der Waals surface area contributed by atoms with Crippen molar-refractivity contribution in [1.29, 1.82) is 0 Å². The van der Waals surface area contributed by atoms with Crippen molar-refractivity contribution >= 4 is 22.6 Å². The Morgan fingerprint density at radius 2 is 1.81 bits per heavy atom. The molecule has 0 unspecified atom stereocenters. The highest BCUT2D eigenvalue weighted by Gasteiger charge is 2.35. The predicted molar refractivity (Wildman–Crippen MR) is 128 cm³/mol. The number of aryl methyl sites for hydroxylation is 1. The molecule has 2 aromatic carbocycles. The summed E-state index contributed by atoms with van der Waals surface area (Å²) in [7, 11) is 0. The lowest BCUT2D eigenvalue weighted by Gasteiger charge is -2.23. The number of benzene rings is 2. The van der Waals surface area contributed by atoms with Gasteiger partial charge >= 0.3 is 0 Å². The summed E-state index contributed by atoms with van der Waals surface area (Å²) in [5, 5.41) is 0. The van der Waals surface area contributed by atoms with Gasteiger partial charge in [-0.05, 0) is 55.7 Å². The van der Waals surface area contributed by atoms with Crippen LogP contribution < -0.4 is 9.64 Å². The largest absolute Gasteiger partial charge is 0.494 e. The van der Waals surface area contributed by atoms with Crippen LogP contribution in [0.1, 0.15) is 63.6 Å². The molecule has 1 aliphatic carbocycles. The van der Waals surface area contributed by atoms with Gasteiger partial charge in [0.05, 0.1) is 17.6 Å². The number of hydrogen-bond donors (Lipinski definition) is 0. The number of fused-ring (bicyclic) bond motifs is 1. The third-order valence-electron chi connectivity index (χ3n) is 7.12. The molecule has 0 bridgehead atoms. The molecule has 2 aliphatic rings. The van der Waals surface area contributed by atoms with Gasteiger partial charge in [-0.2, -0.15) is 0 Å². The fraction of sp³-hybridized carbons (Fsp3) is 0.481. The van der Waals surface area contributed by atoms with E-state index < -0.39 is 0 Å². The van der Waals surface area contributed by atoms with Gasteiger partial charge in [0.1, 0.15) is 11.6 Å². The van der Waals surface area contributed by atoms with Crippen molar-refractivity contribution in [2.24, 2.45) is 5.92 Å². The maximum Gasteiger partial charge on any atom is 0.227 e. The molecule has 0 N–H and O–H groups in total. The Morgan fingerprint density at radius 3 is 2.59 bits per heavy atom. The van der Waals surface area contributed by atoms with Gasteiger partial charge in [-0.25, -0.2) is 4.98 Å². The average Bonchev–Trinajstić information content (AvgIpc) is 3.39. The molecule has 0 spiro atoms. The number of hydrogen-bond acceptors (Lipinski definition) is 3. The summed E-state index contributed by atoms with van der Waals surface area (Å²) in [6.45, 7) is 4.29. The van der Waals surface area contributed by atoms with Crippen molar-refractivity contribution in [3.05, 3.63) is 54.4 Å². The number of aromatic nitrogens is 2. The standard InChI is InChI=1S/C27H33N3O2/c1-2-32-23-14-12-22(13-15-23)30-19-21(18-26(30)31)27-28-24-10-6-7-11-25(24)29(27)17-16-20-8-4-3-5-9-20/h6-7,10-15,20-21H,2-5,8-9,16-19H2,1H3/t21-/m1/s1. The average molecular weight is 432 g/mol. The number of carbonyl (C=O) groups is 1. The third-order valence-corrected chi connectivity index (χ3v) is 7.12. The van der Waals surface area contributed by atoms with Crippen LogP contribution >= 0.6 is 0 Å². The highest BCUT2D eigenvalue weighted by molar-refractivity contribution is 5.96. The summed E-state index contributed by atoms with van der Waals surface area (Å²) in [5.41, 5.74) is 3.18. The first-order valence-corrected chi connectivity index (χ1v) is 12.2. The molecule has 3 aromatic rings. The van der Waals surface area contributed by atoms with Crippen molar-refractivity contribution in [2.45, 2.75) is 64.3 Å². The van der Waals surface area contributed by atoms with E-state index in [9.17, 15) is 4.79 Å². The lowest BCUT2D eigenvalue weighted by molar-refractivity contribution is -0.117. The van der Waals surface area contributed by atoms with Gasteiger partial charge in [0.25, 0.3) is 0 Å². The lowest BCUT2D eigenvalue weighted by Crippen LogP contribution is -2.24. The lowest BCUT2D eigenvalue weighted by atomic mass is 9.87. The van der Waals surface area contributed by atoms with E-state index in [1.54, 1.807) is 0 Å². The first kappa shape index (κ1) is 21.0. The molecule has 0 radical (unpaired) electrons. The SMILES string of the molecule is CCOc1ccc(N2C[C@H](c3nc4ccccc4n3CCC3CCCCC3)CC2=O)cc1. The van der Waals surface area contributed by atoms with Crippen LogP contribution in [0.2, 0.25) is 0 Å². The van der Waals surface area contributed by atoms with Gasteiger partial charge in [0, 0.05) is 31.1 Å². The van der Waals surface area contributed by atoms with Gasteiger partial charge < -0.3 is 14.2 Å². The van der Waals surface area contributed by atoms with Crippen LogP contribution in [-0.4, -0.2) is 28.6 Å². The van der Waals surface area contributed by atoms with E-state index in [1.165, 1.54) is 44.0 Å². The molecule has 2 heterocycles. The number of nitrogens with zero attached hydrogens (tertiary/aromatic N) is 3. The Hall–Kier alpha value is -2.82. The first-order chi connectivity index (χ1) is 15.7. The van der Waals surface area contributed by atoms with Gasteiger partial charge in [0.2, 0.25) is 5.91 Å². The summed E-state index contributed by atoms with van der Waals surface area (Å²) in [6.07, 6.45) is 8.56. The monoisotopic (exact) mass is 431 g/mol.